The molecule has 2 aromatic carbocycles. The summed E-state index contributed by atoms with van der Waals surface area (Å²) >= 11 is 5.98. The van der Waals surface area contributed by atoms with Crippen molar-refractivity contribution in [3.63, 3.8) is 0 Å². The van der Waals surface area contributed by atoms with Crippen molar-refractivity contribution >= 4 is 11.6 Å². The molecule has 0 aliphatic rings. The lowest BCUT2D eigenvalue weighted by Crippen LogP contribution is -2.12. The van der Waals surface area contributed by atoms with E-state index in [1.165, 1.54) is 6.07 Å². The SMILES string of the molecule is CCNCc1cccc(F)c1Oc1ccc(Cl)c(C)c1. The van der Waals surface area contributed by atoms with Gasteiger partial charge in [-0.1, -0.05) is 30.7 Å². The minimum Gasteiger partial charge on any atom is -0.454 e. The molecule has 0 unspecified atom stereocenters. The van der Waals surface area contributed by atoms with Crippen LogP contribution in [0.3, 0.4) is 0 Å². The van der Waals surface area contributed by atoms with Gasteiger partial charge >= 0.3 is 0 Å². The molecule has 0 bridgehead atoms. The Morgan fingerprint density at radius 3 is 2.75 bits per heavy atom. The van der Waals surface area contributed by atoms with Crippen LogP contribution in [0.15, 0.2) is 36.4 Å². The van der Waals surface area contributed by atoms with Crippen molar-refractivity contribution in [3.8, 4) is 11.5 Å². The second-order valence-corrected chi connectivity index (χ2v) is 4.93. The average molecular weight is 294 g/mol. The van der Waals surface area contributed by atoms with Gasteiger partial charge in [0.25, 0.3) is 0 Å². The fraction of sp³-hybridized carbons (Fsp3) is 0.250. The summed E-state index contributed by atoms with van der Waals surface area (Å²) in [7, 11) is 0. The van der Waals surface area contributed by atoms with Gasteiger partial charge < -0.3 is 10.1 Å². The lowest BCUT2D eigenvalue weighted by atomic mass is 10.2. The first-order chi connectivity index (χ1) is 9.61. The highest BCUT2D eigenvalue weighted by molar-refractivity contribution is 6.31. The normalized spacial score (nSPS) is 10.6. The second kappa shape index (κ2) is 6.73. The number of aryl methyl sites for hydroxylation is 1. The summed E-state index contributed by atoms with van der Waals surface area (Å²) in [5.41, 5.74) is 1.69. The first-order valence-corrected chi connectivity index (χ1v) is 6.91. The number of para-hydroxylation sites is 1. The Kier molecular flexibility index (Phi) is 4.99. The average Bonchev–Trinajstić information content (AvgIpc) is 2.43. The summed E-state index contributed by atoms with van der Waals surface area (Å²) < 4.78 is 19.7. The quantitative estimate of drug-likeness (QED) is 0.863. The van der Waals surface area contributed by atoms with Crippen LogP contribution >= 0.6 is 11.6 Å². The zero-order chi connectivity index (χ0) is 14.5. The minimum atomic E-state index is -0.368. The second-order valence-electron chi connectivity index (χ2n) is 4.52. The third-order valence-corrected chi connectivity index (χ3v) is 3.39. The van der Waals surface area contributed by atoms with Crippen LogP contribution in [0.25, 0.3) is 0 Å². The smallest absolute Gasteiger partial charge is 0.167 e. The Morgan fingerprint density at radius 2 is 2.05 bits per heavy atom. The van der Waals surface area contributed by atoms with Gasteiger partial charge in [-0.25, -0.2) is 4.39 Å². The number of benzene rings is 2. The predicted molar refractivity (Wildman–Crippen MR) is 80.0 cm³/mol. The Balaban J connectivity index is 2.29. The van der Waals surface area contributed by atoms with Crippen molar-refractivity contribution in [1.82, 2.24) is 5.32 Å². The maximum absolute atomic E-state index is 14.0. The van der Waals surface area contributed by atoms with Crippen molar-refractivity contribution in [2.24, 2.45) is 0 Å². The fourth-order valence-electron chi connectivity index (χ4n) is 1.87. The monoisotopic (exact) mass is 293 g/mol. The third-order valence-electron chi connectivity index (χ3n) is 2.96. The molecule has 0 spiro atoms. The third kappa shape index (κ3) is 3.50. The molecule has 2 rings (SSSR count). The van der Waals surface area contributed by atoms with Crippen molar-refractivity contribution < 1.29 is 9.13 Å². The number of nitrogens with one attached hydrogen (secondary N) is 1. The Hall–Kier alpha value is -1.58. The Morgan fingerprint density at radius 1 is 1.25 bits per heavy atom. The highest BCUT2D eigenvalue weighted by Gasteiger charge is 2.11. The predicted octanol–water partition coefficient (Wildman–Crippen LogP) is 4.69. The van der Waals surface area contributed by atoms with Crippen molar-refractivity contribution in [3.05, 3.63) is 58.4 Å². The first-order valence-electron chi connectivity index (χ1n) is 6.54. The Bertz CT molecular complexity index is 601. The lowest BCUT2D eigenvalue weighted by molar-refractivity contribution is 0.433. The van der Waals surface area contributed by atoms with Gasteiger partial charge in [-0.15, -0.1) is 0 Å². The molecule has 0 aliphatic carbocycles. The van der Waals surface area contributed by atoms with Gasteiger partial charge in [0.2, 0.25) is 0 Å². The molecular weight excluding hydrogens is 277 g/mol. The van der Waals surface area contributed by atoms with Gasteiger partial charge in [-0.3, -0.25) is 0 Å². The molecule has 0 saturated heterocycles. The number of hydrogen-bond acceptors (Lipinski definition) is 2. The molecule has 2 nitrogen and oxygen atoms in total. The maximum Gasteiger partial charge on any atom is 0.167 e. The highest BCUT2D eigenvalue weighted by Crippen LogP contribution is 2.30. The molecule has 20 heavy (non-hydrogen) atoms. The van der Waals surface area contributed by atoms with Crippen LogP contribution in [-0.4, -0.2) is 6.54 Å². The van der Waals surface area contributed by atoms with E-state index < -0.39 is 0 Å². The van der Waals surface area contributed by atoms with E-state index in [2.05, 4.69) is 5.32 Å². The van der Waals surface area contributed by atoms with Gasteiger partial charge in [0, 0.05) is 17.1 Å². The molecule has 0 fully saturated rings. The largest absolute Gasteiger partial charge is 0.454 e. The van der Waals surface area contributed by atoms with Crippen LogP contribution in [0.1, 0.15) is 18.1 Å². The van der Waals surface area contributed by atoms with Crippen molar-refractivity contribution in [2.75, 3.05) is 6.54 Å². The van der Waals surface area contributed by atoms with Crippen LogP contribution in [0.4, 0.5) is 4.39 Å². The molecule has 0 aromatic heterocycles. The summed E-state index contributed by atoms with van der Waals surface area (Å²) in [6, 6.07) is 10.2. The molecule has 0 amide bonds. The van der Waals surface area contributed by atoms with Gasteiger partial charge in [0.1, 0.15) is 5.75 Å². The molecule has 0 saturated carbocycles. The van der Waals surface area contributed by atoms with Crippen molar-refractivity contribution in [1.29, 1.82) is 0 Å². The summed E-state index contributed by atoms with van der Waals surface area (Å²) in [6.45, 7) is 5.27. The highest BCUT2D eigenvalue weighted by atomic mass is 35.5. The molecule has 1 N–H and O–H groups in total. The van der Waals surface area contributed by atoms with Gasteiger partial charge in [0.15, 0.2) is 11.6 Å². The Labute approximate surface area is 123 Å². The van der Waals surface area contributed by atoms with E-state index in [9.17, 15) is 4.39 Å². The number of hydrogen-bond donors (Lipinski definition) is 1. The van der Waals surface area contributed by atoms with E-state index >= 15 is 0 Å². The fourth-order valence-corrected chi connectivity index (χ4v) is 1.98. The van der Waals surface area contributed by atoms with E-state index in [1.807, 2.05) is 19.9 Å². The zero-order valence-electron chi connectivity index (χ0n) is 11.5. The molecule has 106 valence electrons. The van der Waals surface area contributed by atoms with Crippen molar-refractivity contribution in [2.45, 2.75) is 20.4 Å². The molecule has 0 heterocycles. The van der Waals surface area contributed by atoms with E-state index in [0.29, 0.717) is 17.3 Å². The molecule has 2 aromatic rings. The number of halogens is 2. The van der Waals surface area contributed by atoms with Crippen LogP contribution in [0.5, 0.6) is 11.5 Å². The van der Waals surface area contributed by atoms with E-state index in [-0.39, 0.29) is 11.6 Å². The van der Waals surface area contributed by atoms with Gasteiger partial charge in [0.05, 0.1) is 0 Å². The summed E-state index contributed by atoms with van der Waals surface area (Å²) in [6.07, 6.45) is 0. The molecule has 4 heteroatoms. The lowest BCUT2D eigenvalue weighted by Gasteiger charge is -2.13. The van der Waals surface area contributed by atoms with E-state index in [1.54, 1.807) is 24.3 Å². The number of rotatable bonds is 5. The van der Waals surface area contributed by atoms with Crippen LogP contribution < -0.4 is 10.1 Å². The van der Waals surface area contributed by atoms with Crippen LogP contribution in [-0.2, 0) is 6.54 Å². The zero-order valence-corrected chi connectivity index (χ0v) is 12.3. The molecular formula is C16H17ClFNO. The van der Waals surface area contributed by atoms with Crippen LogP contribution in [0, 0.1) is 12.7 Å². The topological polar surface area (TPSA) is 21.3 Å². The van der Waals surface area contributed by atoms with E-state index in [4.69, 9.17) is 16.3 Å². The summed E-state index contributed by atoms with van der Waals surface area (Å²) in [4.78, 5) is 0. The standard InChI is InChI=1S/C16H17ClFNO/c1-3-19-10-12-5-4-6-15(18)16(12)20-13-7-8-14(17)11(2)9-13/h4-9,19H,3,10H2,1-2H3. The molecule has 0 radical (unpaired) electrons. The molecule has 0 atom stereocenters. The minimum absolute atomic E-state index is 0.259. The van der Waals surface area contributed by atoms with E-state index in [0.717, 1.165) is 17.7 Å². The number of ether oxygens (including phenoxy) is 1. The van der Waals surface area contributed by atoms with Gasteiger partial charge in [-0.05, 0) is 43.3 Å². The maximum atomic E-state index is 14.0. The molecule has 0 aliphatic heterocycles. The first kappa shape index (κ1) is 14.8. The van der Waals surface area contributed by atoms with Crippen LogP contribution in [0.2, 0.25) is 5.02 Å². The summed E-state index contributed by atoms with van der Waals surface area (Å²) in [5.74, 6) is 0.470. The summed E-state index contributed by atoms with van der Waals surface area (Å²) in [5, 5.41) is 3.84. The van der Waals surface area contributed by atoms with Gasteiger partial charge in [-0.2, -0.15) is 0 Å².